The highest BCUT2D eigenvalue weighted by Crippen LogP contribution is 2.41. The zero-order valence-electron chi connectivity index (χ0n) is 17.0. The fourth-order valence-corrected chi connectivity index (χ4v) is 4.84. The van der Waals surface area contributed by atoms with Gasteiger partial charge in [-0.2, -0.15) is 9.97 Å². The number of pyridine rings is 1. The molecule has 8 heteroatoms. The Hall–Kier alpha value is -3.13. The van der Waals surface area contributed by atoms with E-state index in [2.05, 4.69) is 32.9 Å². The van der Waals surface area contributed by atoms with E-state index in [0.717, 1.165) is 65.9 Å². The van der Waals surface area contributed by atoms with E-state index in [-0.39, 0.29) is 5.60 Å². The normalized spacial score (nSPS) is 23.7. The Bertz CT molecular complexity index is 1210. The minimum Gasteiger partial charge on any atom is -0.375 e. The SMILES string of the molecule is CNc1nc(N[C@H]2CC[C@@]3(CCO3)CC2)nc2[nH]cc(-c3ccc4nccn4c3)c12. The molecule has 0 amide bonds. The molecule has 2 aliphatic rings. The van der Waals surface area contributed by atoms with Gasteiger partial charge in [0.1, 0.15) is 17.1 Å². The maximum atomic E-state index is 5.84. The number of rotatable bonds is 4. The van der Waals surface area contributed by atoms with Crippen LogP contribution in [0.1, 0.15) is 32.1 Å². The Labute approximate surface area is 174 Å². The number of ether oxygens (including phenoxy) is 1. The van der Waals surface area contributed by atoms with E-state index in [9.17, 15) is 0 Å². The quantitative estimate of drug-likeness (QED) is 0.480. The summed E-state index contributed by atoms with van der Waals surface area (Å²) in [6, 6.07) is 4.49. The molecular formula is C22H25N7O. The highest BCUT2D eigenvalue weighted by Gasteiger charge is 2.41. The Morgan fingerprint density at radius 1 is 1.20 bits per heavy atom. The van der Waals surface area contributed by atoms with Crippen molar-refractivity contribution in [3.8, 4) is 11.1 Å². The van der Waals surface area contributed by atoms with Gasteiger partial charge in [0.15, 0.2) is 0 Å². The lowest BCUT2D eigenvalue weighted by Gasteiger charge is -2.46. The van der Waals surface area contributed by atoms with Gasteiger partial charge in [0.05, 0.1) is 17.6 Å². The molecule has 4 aromatic rings. The van der Waals surface area contributed by atoms with Crippen molar-refractivity contribution in [2.75, 3.05) is 24.3 Å². The van der Waals surface area contributed by atoms with Gasteiger partial charge in [-0.15, -0.1) is 0 Å². The van der Waals surface area contributed by atoms with Crippen molar-refractivity contribution in [2.24, 2.45) is 0 Å². The van der Waals surface area contributed by atoms with Gasteiger partial charge in [-0.05, 0) is 44.2 Å². The molecule has 1 saturated heterocycles. The molecule has 0 aromatic carbocycles. The second kappa shape index (κ2) is 6.70. The van der Waals surface area contributed by atoms with E-state index in [1.807, 2.05) is 29.9 Å². The number of nitrogens with one attached hydrogen (secondary N) is 3. The van der Waals surface area contributed by atoms with Gasteiger partial charge in [-0.1, -0.05) is 0 Å². The zero-order chi connectivity index (χ0) is 20.1. The van der Waals surface area contributed by atoms with Gasteiger partial charge in [-0.25, -0.2) is 4.98 Å². The second-order valence-corrected chi connectivity index (χ2v) is 8.38. The van der Waals surface area contributed by atoms with Crippen LogP contribution in [0, 0.1) is 0 Å². The predicted octanol–water partition coefficient (Wildman–Crippen LogP) is 3.83. The van der Waals surface area contributed by atoms with Crippen molar-refractivity contribution in [3.05, 3.63) is 36.9 Å². The van der Waals surface area contributed by atoms with Gasteiger partial charge in [0.25, 0.3) is 0 Å². The molecular weight excluding hydrogens is 378 g/mol. The summed E-state index contributed by atoms with van der Waals surface area (Å²) in [7, 11) is 1.90. The number of aromatic nitrogens is 5. The first-order valence-electron chi connectivity index (χ1n) is 10.6. The third-order valence-corrected chi connectivity index (χ3v) is 6.66. The van der Waals surface area contributed by atoms with Gasteiger partial charge >= 0.3 is 0 Å². The molecule has 8 nitrogen and oxygen atoms in total. The molecule has 154 valence electrons. The van der Waals surface area contributed by atoms with E-state index >= 15 is 0 Å². The van der Waals surface area contributed by atoms with E-state index in [1.165, 1.54) is 6.42 Å². The van der Waals surface area contributed by atoms with Crippen LogP contribution < -0.4 is 10.6 Å². The number of imidazole rings is 1. The number of H-pyrrole nitrogens is 1. The second-order valence-electron chi connectivity index (χ2n) is 8.38. The highest BCUT2D eigenvalue weighted by atomic mass is 16.5. The first kappa shape index (κ1) is 17.7. The molecule has 1 saturated carbocycles. The Balaban J connectivity index is 1.31. The lowest BCUT2D eigenvalue weighted by Crippen LogP contribution is -2.48. The summed E-state index contributed by atoms with van der Waals surface area (Å²) < 4.78 is 7.86. The van der Waals surface area contributed by atoms with Crippen LogP contribution in [0.4, 0.5) is 11.8 Å². The monoisotopic (exact) mass is 403 g/mol. The minimum absolute atomic E-state index is 0.170. The van der Waals surface area contributed by atoms with Crippen molar-refractivity contribution in [2.45, 2.75) is 43.7 Å². The first-order chi connectivity index (χ1) is 14.7. The van der Waals surface area contributed by atoms with Crippen LogP contribution in [0.15, 0.2) is 36.9 Å². The summed E-state index contributed by atoms with van der Waals surface area (Å²) in [6.45, 7) is 0.923. The van der Waals surface area contributed by atoms with E-state index in [4.69, 9.17) is 14.7 Å². The summed E-state index contributed by atoms with van der Waals surface area (Å²) in [5.41, 5.74) is 4.08. The summed E-state index contributed by atoms with van der Waals surface area (Å²) >= 11 is 0. The molecule has 0 bridgehead atoms. The molecule has 1 aliphatic heterocycles. The lowest BCUT2D eigenvalue weighted by molar-refractivity contribution is -0.165. The van der Waals surface area contributed by atoms with Crippen LogP contribution in [0.25, 0.3) is 27.8 Å². The van der Waals surface area contributed by atoms with Gasteiger partial charge in [0.2, 0.25) is 5.95 Å². The van der Waals surface area contributed by atoms with Crippen LogP contribution in [0.2, 0.25) is 0 Å². The fraction of sp³-hybridized carbons (Fsp3) is 0.409. The standard InChI is InChI=1S/C22H25N7O/c1-23-19-18-16(14-2-3-17-24-9-10-29(17)13-14)12-25-20(18)28-21(27-19)26-15-4-6-22(7-5-15)8-11-30-22/h2-3,9-10,12-13,15H,4-8,11H2,1H3,(H3,23,25,26,27,28)/t15-,22-. The molecule has 4 aromatic heterocycles. The minimum atomic E-state index is 0.170. The molecule has 5 heterocycles. The molecule has 6 rings (SSSR count). The number of anilines is 2. The number of hydrogen-bond acceptors (Lipinski definition) is 6. The smallest absolute Gasteiger partial charge is 0.226 e. The third-order valence-electron chi connectivity index (χ3n) is 6.66. The molecule has 0 radical (unpaired) electrons. The topological polar surface area (TPSA) is 92.2 Å². The molecule has 3 N–H and O–H groups in total. The Morgan fingerprint density at radius 3 is 2.83 bits per heavy atom. The molecule has 30 heavy (non-hydrogen) atoms. The van der Waals surface area contributed by atoms with E-state index in [1.54, 1.807) is 6.20 Å². The maximum Gasteiger partial charge on any atom is 0.226 e. The lowest BCUT2D eigenvalue weighted by atomic mass is 9.77. The molecule has 0 atom stereocenters. The Kier molecular flexibility index (Phi) is 3.95. The van der Waals surface area contributed by atoms with Crippen molar-refractivity contribution in [3.63, 3.8) is 0 Å². The van der Waals surface area contributed by atoms with Crippen LogP contribution in [0.5, 0.6) is 0 Å². The van der Waals surface area contributed by atoms with Crippen LogP contribution in [0.3, 0.4) is 0 Å². The summed E-state index contributed by atoms with van der Waals surface area (Å²) in [5.74, 6) is 1.49. The van der Waals surface area contributed by atoms with Crippen molar-refractivity contribution < 1.29 is 4.74 Å². The first-order valence-corrected chi connectivity index (χ1v) is 10.6. The van der Waals surface area contributed by atoms with Crippen LogP contribution in [-0.2, 0) is 4.74 Å². The Morgan fingerprint density at radius 2 is 2.07 bits per heavy atom. The molecule has 2 fully saturated rings. The maximum absolute atomic E-state index is 5.84. The summed E-state index contributed by atoms with van der Waals surface area (Å²) in [4.78, 5) is 17.2. The summed E-state index contributed by atoms with van der Waals surface area (Å²) in [5, 5.41) is 7.80. The number of fused-ring (bicyclic) bond motifs is 2. The predicted molar refractivity (Wildman–Crippen MR) is 117 cm³/mol. The van der Waals surface area contributed by atoms with Gasteiger partial charge in [-0.3, -0.25) is 0 Å². The van der Waals surface area contributed by atoms with Crippen molar-refractivity contribution in [1.82, 2.24) is 24.3 Å². The fourth-order valence-electron chi connectivity index (χ4n) is 4.84. The molecule has 0 unspecified atom stereocenters. The van der Waals surface area contributed by atoms with Gasteiger partial charge < -0.3 is 24.8 Å². The third kappa shape index (κ3) is 2.82. The van der Waals surface area contributed by atoms with Crippen LogP contribution in [-0.4, -0.2) is 49.6 Å². The van der Waals surface area contributed by atoms with Crippen LogP contribution >= 0.6 is 0 Å². The average molecular weight is 403 g/mol. The number of hydrogen-bond donors (Lipinski definition) is 3. The molecule has 1 aliphatic carbocycles. The van der Waals surface area contributed by atoms with Crippen molar-refractivity contribution in [1.29, 1.82) is 0 Å². The summed E-state index contributed by atoms with van der Waals surface area (Å²) in [6.07, 6.45) is 13.5. The van der Waals surface area contributed by atoms with E-state index < -0.39 is 0 Å². The number of aromatic amines is 1. The van der Waals surface area contributed by atoms with Crippen molar-refractivity contribution >= 4 is 28.4 Å². The average Bonchev–Trinajstić information content (AvgIpc) is 3.39. The number of nitrogens with zero attached hydrogens (tertiary/aromatic N) is 4. The highest BCUT2D eigenvalue weighted by molar-refractivity contribution is 6.01. The largest absolute Gasteiger partial charge is 0.375 e. The zero-order valence-corrected chi connectivity index (χ0v) is 17.0. The van der Waals surface area contributed by atoms with E-state index in [0.29, 0.717) is 12.0 Å². The van der Waals surface area contributed by atoms with Gasteiger partial charge in [0, 0.05) is 49.0 Å². The molecule has 1 spiro atoms.